The summed E-state index contributed by atoms with van der Waals surface area (Å²) < 4.78 is 4.87. The van der Waals surface area contributed by atoms with E-state index in [4.69, 9.17) is 4.74 Å². The van der Waals surface area contributed by atoms with Gasteiger partial charge in [-0.05, 0) is 20.4 Å². The minimum absolute atomic E-state index is 0.159. The highest BCUT2D eigenvalue weighted by molar-refractivity contribution is 6.01. The largest absolute Gasteiger partial charge is 0.465 e. The van der Waals surface area contributed by atoms with E-state index in [9.17, 15) is 14.4 Å². The van der Waals surface area contributed by atoms with Crippen LogP contribution >= 0.6 is 0 Å². The number of likely N-dealkylation sites (N-methyl/N-ethyl adjacent to an activating group) is 1. The van der Waals surface area contributed by atoms with Crippen molar-refractivity contribution in [3.8, 4) is 0 Å². The van der Waals surface area contributed by atoms with Crippen LogP contribution in [0.2, 0.25) is 0 Å². The second-order valence-electron chi connectivity index (χ2n) is 3.82. The molecule has 1 rings (SSSR count). The Kier molecular flexibility index (Phi) is 5.09. The Morgan fingerprint density at radius 1 is 1.41 bits per heavy atom. The average Bonchev–Trinajstić information content (AvgIpc) is 2.61. The van der Waals surface area contributed by atoms with Crippen molar-refractivity contribution in [3.05, 3.63) is 0 Å². The van der Waals surface area contributed by atoms with Crippen molar-refractivity contribution in [2.75, 3.05) is 20.2 Å². The van der Waals surface area contributed by atoms with Crippen LogP contribution in [-0.4, -0.2) is 48.9 Å². The summed E-state index contributed by atoms with van der Waals surface area (Å²) in [6, 6.07) is -0.476. The van der Waals surface area contributed by atoms with Gasteiger partial charge >= 0.3 is 5.97 Å². The minimum atomic E-state index is -0.476. The SMILES string of the molecule is CCOC(=O)C(CCN1C(=O)CCC1=O)NC. The molecule has 0 saturated carbocycles. The first kappa shape index (κ1) is 13.6. The Morgan fingerprint density at radius 3 is 2.47 bits per heavy atom. The summed E-state index contributed by atoms with van der Waals surface area (Å²) in [4.78, 5) is 35.4. The van der Waals surface area contributed by atoms with Crippen molar-refractivity contribution in [3.63, 3.8) is 0 Å². The molecule has 1 heterocycles. The number of hydrogen-bond acceptors (Lipinski definition) is 5. The molecule has 6 nitrogen and oxygen atoms in total. The van der Waals surface area contributed by atoms with E-state index < -0.39 is 6.04 Å². The van der Waals surface area contributed by atoms with Gasteiger partial charge in [0.05, 0.1) is 6.61 Å². The van der Waals surface area contributed by atoms with Crippen LogP contribution in [0, 0.1) is 0 Å². The fraction of sp³-hybridized carbons (Fsp3) is 0.727. The highest BCUT2D eigenvalue weighted by Crippen LogP contribution is 2.12. The Morgan fingerprint density at radius 2 is 2.00 bits per heavy atom. The van der Waals surface area contributed by atoms with Gasteiger partial charge in [-0.25, -0.2) is 0 Å². The Bertz CT molecular complexity index is 301. The number of nitrogens with zero attached hydrogens (tertiary/aromatic N) is 1. The van der Waals surface area contributed by atoms with Crippen molar-refractivity contribution in [1.29, 1.82) is 0 Å². The van der Waals surface area contributed by atoms with Gasteiger partial charge in [-0.1, -0.05) is 0 Å². The quantitative estimate of drug-likeness (QED) is 0.510. The third-order valence-corrected chi connectivity index (χ3v) is 2.72. The summed E-state index contributed by atoms with van der Waals surface area (Å²) in [6.45, 7) is 2.32. The number of carbonyl (C=O) groups excluding carboxylic acids is 3. The first-order valence-corrected chi connectivity index (χ1v) is 5.77. The molecule has 1 aliphatic heterocycles. The summed E-state index contributed by atoms with van der Waals surface area (Å²) >= 11 is 0. The summed E-state index contributed by atoms with van der Waals surface area (Å²) in [5, 5.41) is 2.82. The first-order chi connectivity index (χ1) is 8.10. The molecule has 1 aliphatic rings. The highest BCUT2D eigenvalue weighted by Gasteiger charge is 2.30. The molecule has 96 valence electrons. The van der Waals surface area contributed by atoms with Crippen LogP contribution in [0.5, 0.6) is 0 Å². The highest BCUT2D eigenvalue weighted by atomic mass is 16.5. The summed E-state index contributed by atoms with van der Waals surface area (Å²) in [5.74, 6) is -0.670. The van der Waals surface area contributed by atoms with Gasteiger partial charge in [0.25, 0.3) is 0 Å². The third kappa shape index (κ3) is 3.52. The van der Waals surface area contributed by atoms with Gasteiger partial charge in [0.1, 0.15) is 6.04 Å². The molecule has 0 aliphatic carbocycles. The van der Waals surface area contributed by atoms with Crippen molar-refractivity contribution in [1.82, 2.24) is 10.2 Å². The fourth-order valence-corrected chi connectivity index (χ4v) is 1.75. The van der Waals surface area contributed by atoms with Crippen LogP contribution in [0.25, 0.3) is 0 Å². The maximum atomic E-state index is 11.5. The lowest BCUT2D eigenvalue weighted by Crippen LogP contribution is -2.40. The lowest BCUT2D eigenvalue weighted by molar-refractivity contribution is -0.147. The molecule has 6 heteroatoms. The molecule has 1 unspecified atom stereocenters. The minimum Gasteiger partial charge on any atom is -0.465 e. The van der Waals surface area contributed by atoms with Gasteiger partial charge in [-0.15, -0.1) is 0 Å². The van der Waals surface area contributed by atoms with Gasteiger partial charge in [0.15, 0.2) is 0 Å². The van der Waals surface area contributed by atoms with E-state index in [1.807, 2.05) is 0 Å². The predicted octanol–water partition coefficient (Wildman–Crippen LogP) is -0.323. The molecule has 1 saturated heterocycles. The summed E-state index contributed by atoms with van der Waals surface area (Å²) in [6.07, 6.45) is 0.942. The van der Waals surface area contributed by atoms with Crippen LogP contribution in [0.1, 0.15) is 26.2 Å². The van der Waals surface area contributed by atoms with E-state index in [0.29, 0.717) is 13.0 Å². The number of rotatable bonds is 6. The van der Waals surface area contributed by atoms with E-state index in [0.717, 1.165) is 0 Å². The normalized spacial score (nSPS) is 17.4. The number of imide groups is 1. The molecule has 0 spiro atoms. The standard InChI is InChI=1S/C11H18N2O4/c1-3-17-11(16)8(12-2)6-7-13-9(14)4-5-10(13)15/h8,12H,3-7H2,1-2H3. The number of hydrogen-bond donors (Lipinski definition) is 1. The van der Waals surface area contributed by atoms with Crippen molar-refractivity contribution < 1.29 is 19.1 Å². The molecule has 0 bridgehead atoms. The number of ether oxygens (including phenoxy) is 1. The van der Waals surface area contributed by atoms with Gasteiger partial charge in [0.2, 0.25) is 11.8 Å². The van der Waals surface area contributed by atoms with Gasteiger partial charge in [-0.2, -0.15) is 0 Å². The van der Waals surface area contributed by atoms with Crippen LogP contribution in [0.15, 0.2) is 0 Å². The third-order valence-electron chi connectivity index (χ3n) is 2.72. The zero-order valence-electron chi connectivity index (χ0n) is 10.2. The topological polar surface area (TPSA) is 75.7 Å². The first-order valence-electron chi connectivity index (χ1n) is 5.77. The molecule has 1 N–H and O–H groups in total. The lowest BCUT2D eigenvalue weighted by Gasteiger charge is -2.18. The van der Waals surface area contributed by atoms with Gasteiger partial charge < -0.3 is 10.1 Å². The number of nitrogens with one attached hydrogen (secondary N) is 1. The summed E-state index contributed by atoms with van der Waals surface area (Å²) in [5.41, 5.74) is 0. The van der Waals surface area contributed by atoms with Crippen molar-refractivity contribution in [2.45, 2.75) is 32.2 Å². The molecule has 2 amide bonds. The maximum Gasteiger partial charge on any atom is 0.323 e. The number of amides is 2. The van der Waals surface area contributed by atoms with E-state index in [-0.39, 0.29) is 37.2 Å². The van der Waals surface area contributed by atoms with Crippen molar-refractivity contribution in [2.24, 2.45) is 0 Å². The molecular weight excluding hydrogens is 224 g/mol. The Labute approximate surface area is 100 Å². The van der Waals surface area contributed by atoms with Crippen LogP contribution in [0.3, 0.4) is 0 Å². The number of likely N-dealkylation sites (tertiary alicyclic amines) is 1. The van der Waals surface area contributed by atoms with E-state index in [1.54, 1.807) is 14.0 Å². The zero-order chi connectivity index (χ0) is 12.8. The molecule has 1 atom stereocenters. The second-order valence-corrected chi connectivity index (χ2v) is 3.82. The molecule has 0 aromatic carbocycles. The Balaban J connectivity index is 2.44. The van der Waals surface area contributed by atoms with Gasteiger partial charge in [-0.3, -0.25) is 19.3 Å². The smallest absolute Gasteiger partial charge is 0.323 e. The fourth-order valence-electron chi connectivity index (χ4n) is 1.75. The number of esters is 1. The molecule has 0 aromatic rings. The zero-order valence-corrected chi connectivity index (χ0v) is 10.2. The molecule has 0 aromatic heterocycles. The molecule has 0 radical (unpaired) electrons. The van der Waals surface area contributed by atoms with E-state index >= 15 is 0 Å². The van der Waals surface area contributed by atoms with Gasteiger partial charge in [0, 0.05) is 19.4 Å². The molecular formula is C11H18N2O4. The summed E-state index contributed by atoms with van der Waals surface area (Å²) in [7, 11) is 1.65. The van der Waals surface area contributed by atoms with E-state index in [1.165, 1.54) is 4.90 Å². The van der Waals surface area contributed by atoms with Crippen LogP contribution in [0.4, 0.5) is 0 Å². The monoisotopic (exact) mass is 242 g/mol. The molecule has 17 heavy (non-hydrogen) atoms. The molecule has 1 fully saturated rings. The maximum absolute atomic E-state index is 11.5. The Hall–Kier alpha value is -1.43. The number of carbonyl (C=O) groups is 3. The average molecular weight is 242 g/mol. The van der Waals surface area contributed by atoms with Crippen LogP contribution in [-0.2, 0) is 19.1 Å². The second kappa shape index (κ2) is 6.34. The lowest BCUT2D eigenvalue weighted by atomic mass is 10.2. The van der Waals surface area contributed by atoms with Crippen molar-refractivity contribution >= 4 is 17.8 Å². The van der Waals surface area contributed by atoms with Crippen LogP contribution < -0.4 is 5.32 Å². The van der Waals surface area contributed by atoms with E-state index in [2.05, 4.69) is 5.32 Å². The predicted molar refractivity (Wildman–Crippen MR) is 60.1 cm³/mol.